The number of nitrogens with zero attached hydrogens (tertiary/aromatic N) is 2. The van der Waals surface area contributed by atoms with E-state index in [4.69, 9.17) is 13.9 Å². The van der Waals surface area contributed by atoms with Crippen molar-refractivity contribution in [3.05, 3.63) is 36.5 Å². The third kappa shape index (κ3) is 2.35. The van der Waals surface area contributed by atoms with Gasteiger partial charge >= 0.3 is 6.01 Å². The van der Waals surface area contributed by atoms with Gasteiger partial charge in [-0.05, 0) is 12.1 Å². The van der Waals surface area contributed by atoms with Gasteiger partial charge in [-0.3, -0.25) is 0 Å². The molecule has 0 fully saturated rings. The van der Waals surface area contributed by atoms with Crippen molar-refractivity contribution in [3.8, 4) is 11.5 Å². The Hall–Kier alpha value is -2.76. The van der Waals surface area contributed by atoms with Gasteiger partial charge in [0.2, 0.25) is 5.65 Å². The molecule has 20 heavy (non-hydrogen) atoms. The second kappa shape index (κ2) is 5.08. The van der Waals surface area contributed by atoms with Gasteiger partial charge in [-0.15, -0.1) is 0 Å². The lowest BCUT2D eigenvalue weighted by atomic mass is 10.3. The molecule has 0 aliphatic heterocycles. The highest BCUT2D eigenvalue weighted by Gasteiger charge is 2.08. The summed E-state index contributed by atoms with van der Waals surface area (Å²) in [5.41, 5.74) is 1.95. The molecule has 2 heterocycles. The van der Waals surface area contributed by atoms with Crippen molar-refractivity contribution in [2.75, 3.05) is 19.5 Å². The fourth-order valence-corrected chi connectivity index (χ4v) is 1.83. The quantitative estimate of drug-likeness (QED) is 0.786. The molecule has 0 saturated heterocycles. The monoisotopic (exact) mass is 271 g/mol. The number of aromatic nitrogens is 2. The maximum absolute atomic E-state index is 5.55. The Morgan fingerprint density at radius 3 is 2.50 bits per heavy atom. The minimum atomic E-state index is 0.369. The predicted octanol–water partition coefficient (Wildman–Crippen LogP) is 2.98. The Morgan fingerprint density at radius 2 is 1.85 bits per heavy atom. The standard InChI is InChI=1S/C14H13N3O3/c1-18-10-6-9(7-11(8-10)19-2)16-14-17-13-12(20-14)4-3-5-15-13/h3-8H,1-2H3,(H,15,16,17). The van der Waals surface area contributed by atoms with E-state index in [1.807, 2.05) is 18.2 Å². The van der Waals surface area contributed by atoms with Crippen molar-refractivity contribution in [1.29, 1.82) is 0 Å². The number of benzene rings is 1. The van der Waals surface area contributed by atoms with Gasteiger partial charge in [0.1, 0.15) is 11.5 Å². The van der Waals surface area contributed by atoms with E-state index in [-0.39, 0.29) is 0 Å². The Bertz CT molecular complexity index is 684. The van der Waals surface area contributed by atoms with Crippen LogP contribution in [-0.2, 0) is 0 Å². The third-order valence-corrected chi connectivity index (χ3v) is 2.77. The molecule has 0 spiro atoms. The minimum Gasteiger partial charge on any atom is -0.497 e. The molecule has 102 valence electrons. The number of ether oxygens (including phenoxy) is 2. The van der Waals surface area contributed by atoms with Crippen molar-refractivity contribution in [2.45, 2.75) is 0 Å². The molecule has 3 rings (SSSR count). The van der Waals surface area contributed by atoms with Crippen LogP contribution in [0.1, 0.15) is 0 Å². The van der Waals surface area contributed by atoms with E-state index in [1.165, 1.54) is 0 Å². The predicted molar refractivity (Wildman–Crippen MR) is 74.6 cm³/mol. The normalized spacial score (nSPS) is 10.5. The summed E-state index contributed by atoms with van der Waals surface area (Å²) in [4.78, 5) is 8.37. The van der Waals surface area contributed by atoms with E-state index >= 15 is 0 Å². The molecule has 0 aliphatic rings. The highest BCUT2D eigenvalue weighted by Crippen LogP contribution is 2.28. The summed E-state index contributed by atoms with van der Waals surface area (Å²) in [6, 6.07) is 9.42. The number of fused-ring (bicyclic) bond motifs is 1. The van der Waals surface area contributed by atoms with Gasteiger partial charge in [0.05, 0.1) is 14.2 Å². The third-order valence-electron chi connectivity index (χ3n) is 2.77. The molecule has 1 aromatic carbocycles. The number of anilines is 2. The fourth-order valence-electron chi connectivity index (χ4n) is 1.83. The molecule has 0 aliphatic carbocycles. The highest BCUT2D eigenvalue weighted by atomic mass is 16.5. The molecular weight excluding hydrogens is 258 g/mol. The van der Waals surface area contributed by atoms with Crippen molar-refractivity contribution in [1.82, 2.24) is 9.97 Å². The van der Waals surface area contributed by atoms with Crippen molar-refractivity contribution < 1.29 is 13.9 Å². The number of rotatable bonds is 4. The van der Waals surface area contributed by atoms with Gasteiger partial charge in [0, 0.05) is 30.1 Å². The summed E-state index contributed by atoms with van der Waals surface area (Å²) >= 11 is 0. The zero-order chi connectivity index (χ0) is 13.9. The van der Waals surface area contributed by atoms with Gasteiger partial charge in [-0.25, -0.2) is 4.98 Å². The molecule has 0 bridgehead atoms. The van der Waals surface area contributed by atoms with Crippen molar-refractivity contribution in [2.24, 2.45) is 0 Å². The van der Waals surface area contributed by atoms with Crippen LogP contribution in [0.2, 0.25) is 0 Å². The SMILES string of the molecule is COc1cc(Nc2nc3ncccc3o2)cc(OC)c1. The maximum Gasteiger partial charge on any atom is 0.301 e. The average molecular weight is 271 g/mol. The van der Waals surface area contributed by atoms with Crippen LogP contribution in [0.25, 0.3) is 11.2 Å². The van der Waals surface area contributed by atoms with Crippen LogP contribution in [0, 0.1) is 0 Å². The number of nitrogens with one attached hydrogen (secondary N) is 1. The van der Waals surface area contributed by atoms with Crippen molar-refractivity contribution in [3.63, 3.8) is 0 Å². The van der Waals surface area contributed by atoms with Gasteiger partial charge in [-0.2, -0.15) is 4.98 Å². The molecular formula is C14H13N3O3. The molecule has 0 saturated carbocycles. The first-order valence-electron chi connectivity index (χ1n) is 6.00. The first kappa shape index (κ1) is 12.3. The highest BCUT2D eigenvalue weighted by molar-refractivity contribution is 5.71. The summed E-state index contributed by atoms with van der Waals surface area (Å²) in [6.45, 7) is 0. The summed E-state index contributed by atoms with van der Waals surface area (Å²) in [5.74, 6) is 1.36. The van der Waals surface area contributed by atoms with Gasteiger partial charge in [0.15, 0.2) is 5.58 Å². The largest absolute Gasteiger partial charge is 0.497 e. The first-order chi connectivity index (χ1) is 9.78. The lowest BCUT2D eigenvalue weighted by Crippen LogP contribution is -1.93. The molecule has 0 amide bonds. The Kier molecular flexibility index (Phi) is 3.12. The Balaban J connectivity index is 1.93. The van der Waals surface area contributed by atoms with Crippen LogP contribution in [-0.4, -0.2) is 24.2 Å². The second-order valence-corrected chi connectivity index (χ2v) is 4.07. The number of hydrogen-bond acceptors (Lipinski definition) is 6. The molecule has 0 unspecified atom stereocenters. The zero-order valence-electron chi connectivity index (χ0n) is 11.1. The summed E-state index contributed by atoms with van der Waals surface area (Å²) in [5, 5.41) is 3.06. The molecule has 0 radical (unpaired) electrons. The number of methoxy groups -OCH3 is 2. The van der Waals surface area contributed by atoms with Crippen LogP contribution in [0.4, 0.5) is 11.7 Å². The number of hydrogen-bond donors (Lipinski definition) is 1. The average Bonchev–Trinajstić information content (AvgIpc) is 2.88. The lowest BCUT2D eigenvalue weighted by Gasteiger charge is -2.08. The summed E-state index contributed by atoms with van der Waals surface area (Å²) < 4.78 is 16.0. The van der Waals surface area contributed by atoms with E-state index in [2.05, 4.69) is 15.3 Å². The number of oxazole rings is 1. The van der Waals surface area contributed by atoms with Crippen molar-refractivity contribution >= 4 is 22.9 Å². The van der Waals surface area contributed by atoms with E-state index in [0.29, 0.717) is 28.7 Å². The Morgan fingerprint density at radius 1 is 1.10 bits per heavy atom. The smallest absolute Gasteiger partial charge is 0.301 e. The molecule has 2 aromatic heterocycles. The fraction of sp³-hybridized carbons (Fsp3) is 0.143. The molecule has 3 aromatic rings. The maximum atomic E-state index is 5.55. The van der Waals surface area contributed by atoms with E-state index < -0.39 is 0 Å². The summed E-state index contributed by atoms with van der Waals surface area (Å²) in [6.07, 6.45) is 1.67. The topological polar surface area (TPSA) is 69.4 Å². The minimum absolute atomic E-state index is 0.369. The van der Waals surface area contributed by atoms with E-state index in [0.717, 1.165) is 5.69 Å². The van der Waals surface area contributed by atoms with Gasteiger partial charge in [0.25, 0.3) is 0 Å². The van der Waals surface area contributed by atoms with Crippen LogP contribution in [0.3, 0.4) is 0 Å². The number of pyridine rings is 1. The van der Waals surface area contributed by atoms with Gasteiger partial charge < -0.3 is 19.2 Å². The van der Waals surface area contributed by atoms with Crippen LogP contribution >= 0.6 is 0 Å². The molecule has 1 N–H and O–H groups in total. The molecule has 0 atom stereocenters. The van der Waals surface area contributed by atoms with Gasteiger partial charge in [-0.1, -0.05) is 0 Å². The molecule has 6 heteroatoms. The van der Waals surface area contributed by atoms with Crippen LogP contribution < -0.4 is 14.8 Å². The summed E-state index contributed by atoms with van der Waals surface area (Å²) in [7, 11) is 3.20. The Labute approximate surface area is 115 Å². The molecule has 6 nitrogen and oxygen atoms in total. The van der Waals surface area contributed by atoms with Crippen LogP contribution in [0.5, 0.6) is 11.5 Å². The zero-order valence-corrected chi connectivity index (χ0v) is 11.1. The second-order valence-electron chi connectivity index (χ2n) is 4.07. The van der Waals surface area contributed by atoms with E-state index in [9.17, 15) is 0 Å². The van der Waals surface area contributed by atoms with E-state index in [1.54, 1.807) is 32.5 Å². The first-order valence-corrected chi connectivity index (χ1v) is 6.00. The lowest BCUT2D eigenvalue weighted by molar-refractivity contribution is 0.394. The van der Waals surface area contributed by atoms with Crippen LogP contribution in [0.15, 0.2) is 40.9 Å².